The maximum absolute atomic E-state index is 2.44. The summed E-state index contributed by atoms with van der Waals surface area (Å²) in [7, 11) is 0. The molecular weight excluding hydrogens is 1350 g/mol. The first kappa shape index (κ1) is 70.4. The lowest BCUT2D eigenvalue weighted by molar-refractivity contribution is 0.590. The van der Waals surface area contributed by atoms with Gasteiger partial charge in [0.2, 0.25) is 0 Å². The van der Waals surface area contributed by atoms with Gasteiger partial charge in [-0.25, -0.2) is 0 Å². The van der Waals surface area contributed by atoms with Gasteiger partial charge in [-0.15, -0.1) is 0 Å². The van der Waals surface area contributed by atoms with E-state index in [1.165, 1.54) is 89.0 Å². The lowest BCUT2D eigenvalue weighted by atomic mass is 9.67. The molecule has 0 unspecified atom stereocenters. The number of anilines is 12. The Morgan fingerprint density at radius 2 is 0.357 bits per heavy atom. The number of hydrogen-bond donors (Lipinski definition) is 0. The molecule has 4 heteroatoms. The van der Waals surface area contributed by atoms with Crippen LogP contribution in [0.4, 0.5) is 68.2 Å². The van der Waals surface area contributed by atoms with E-state index in [1.54, 1.807) is 0 Å². The molecule has 0 atom stereocenters. The van der Waals surface area contributed by atoms with Crippen molar-refractivity contribution in [3.8, 4) is 33.4 Å². The molecule has 2 aliphatic carbocycles. The molecule has 0 saturated carbocycles. The molecule has 0 heterocycles. The third kappa shape index (κ3) is 12.5. The van der Waals surface area contributed by atoms with Gasteiger partial charge in [-0.2, -0.15) is 0 Å². The van der Waals surface area contributed by atoms with Crippen LogP contribution in [0.5, 0.6) is 0 Å². The molecule has 0 bridgehead atoms. The van der Waals surface area contributed by atoms with Gasteiger partial charge in [0.25, 0.3) is 0 Å². The molecule has 16 aromatic rings. The van der Waals surface area contributed by atoms with Crippen LogP contribution in [-0.4, -0.2) is 0 Å². The van der Waals surface area contributed by atoms with Gasteiger partial charge in [0.1, 0.15) is 0 Å². The van der Waals surface area contributed by atoms with E-state index in [-0.39, 0.29) is 10.8 Å². The predicted octanol–water partition coefficient (Wildman–Crippen LogP) is 29.2. The number of aryl methyl sites for hydroxylation is 2. The Kier molecular flexibility index (Phi) is 18.0. The van der Waals surface area contributed by atoms with Crippen molar-refractivity contribution in [1.82, 2.24) is 0 Å². The number of benzene rings is 16. The van der Waals surface area contributed by atoms with E-state index in [2.05, 4.69) is 475 Å². The molecule has 0 N–H and O–H groups in total. The average Bonchev–Trinajstić information content (AvgIpc) is 1.53. The Morgan fingerprint density at radius 1 is 0.179 bits per heavy atom. The first-order valence-electron chi connectivity index (χ1n) is 39.3. The maximum Gasteiger partial charge on any atom is 0.0713 e. The molecule has 0 radical (unpaired) electrons. The summed E-state index contributed by atoms with van der Waals surface area (Å²) in [5.41, 5.74) is 34.0. The zero-order valence-electron chi connectivity index (χ0n) is 64.9. The maximum atomic E-state index is 2.44. The molecule has 542 valence electrons. The van der Waals surface area contributed by atoms with E-state index in [0.29, 0.717) is 0 Å². The summed E-state index contributed by atoms with van der Waals surface area (Å²) in [6.45, 7) is 17.9. The molecule has 0 aliphatic heterocycles. The topological polar surface area (TPSA) is 13.0 Å². The van der Waals surface area contributed by atoms with Gasteiger partial charge >= 0.3 is 0 Å². The quantitative estimate of drug-likeness (QED) is 0.0901. The van der Waals surface area contributed by atoms with Crippen molar-refractivity contribution in [2.45, 2.75) is 77.0 Å². The summed E-state index contributed by atoms with van der Waals surface area (Å²) >= 11 is 0. The van der Waals surface area contributed by atoms with Gasteiger partial charge in [-0.1, -0.05) is 307 Å². The van der Waals surface area contributed by atoms with Crippen LogP contribution in [0.15, 0.2) is 400 Å². The van der Waals surface area contributed by atoms with E-state index in [4.69, 9.17) is 0 Å². The van der Waals surface area contributed by atoms with Crippen LogP contribution in [0.2, 0.25) is 0 Å². The van der Waals surface area contributed by atoms with Crippen LogP contribution < -0.4 is 19.6 Å². The third-order valence-electron chi connectivity index (χ3n) is 23.3. The molecule has 0 amide bonds. The minimum Gasteiger partial charge on any atom is -0.311 e. The summed E-state index contributed by atoms with van der Waals surface area (Å²) in [4.78, 5) is 9.53. The molecule has 18 rings (SSSR count). The summed E-state index contributed by atoms with van der Waals surface area (Å²) < 4.78 is 0. The third-order valence-corrected chi connectivity index (χ3v) is 23.3. The molecule has 0 spiro atoms. The number of para-hydroxylation sites is 2. The molecule has 112 heavy (non-hydrogen) atoms. The first-order chi connectivity index (χ1) is 54.6. The Balaban J connectivity index is 0.765. The predicted molar refractivity (Wildman–Crippen MR) is 472 cm³/mol. The van der Waals surface area contributed by atoms with Gasteiger partial charge in [0.05, 0.1) is 10.8 Å². The average molecular weight is 1440 g/mol. The summed E-state index contributed by atoms with van der Waals surface area (Å²) in [5, 5.41) is 0. The van der Waals surface area contributed by atoms with Crippen LogP contribution >= 0.6 is 0 Å². The lowest BCUT2D eigenvalue weighted by Crippen LogP contribution is -2.29. The van der Waals surface area contributed by atoms with Gasteiger partial charge in [-0.05, 0) is 259 Å². The largest absolute Gasteiger partial charge is 0.311 e. The van der Waals surface area contributed by atoms with Crippen molar-refractivity contribution in [3.63, 3.8) is 0 Å². The van der Waals surface area contributed by atoms with E-state index in [9.17, 15) is 0 Å². The fourth-order valence-electron chi connectivity index (χ4n) is 17.6. The number of hydrogen-bond acceptors (Lipinski definition) is 4. The van der Waals surface area contributed by atoms with Crippen molar-refractivity contribution in [1.29, 1.82) is 0 Å². The number of fused-ring (bicyclic) bond motifs is 6. The molecule has 0 saturated heterocycles. The Hall–Kier alpha value is -13.3. The summed E-state index contributed by atoms with van der Waals surface area (Å²) in [6, 6.07) is 150. The number of rotatable bonds is 17. The molecule has 2 aliphatic rings. The molecular formula is C108H90N4. The second-order valence-corrected chi connectivity index (χ2v) is 32.2. The zero-order valence-corrected chi connectivity index (χ0v) is 64.9. The van der Waals surface area contributed by atoms with Crippen molar-refractivity contribution in [3.05, 3.63) is 467 Å². The highest BCUT2D eigenvalue weighted by molar-refractivity contribution is 5.91. The Bertz CT molecular complexity index is 5600. The van der Waals surface area contributed by atoms with Crippen molar-refractivity contribution in [2.24, 2.45) is 0 Å². The van der Waals surface area contributed by atoms with Crippen molar-refractivity contribution in [2.75, 3.05) is 19.6 Å². The highest BCUT2D eigenvalue weighted by Crippen LogP contribution is 2.59. The highest BCUT2D eigenvalue weighted by Gasteiger charge is 2.48. The fourth-order valence-corrected chi connectivity index (χ4v) is 17.6. The second-order valence-electron chi connectivity index (χ2n) is 32.2. The van der Waals surface area contributed by atoms with Crippen molar-refractivity contribution < 1.29 is 0 Å². The summed E-state index contributed by atoms with van der Waals surface area (Å²) in [5.74, 6) is 0. The van der Waals surface area contributed by atoms with E-state index in [1.807, 2.05) is 0 Å². The minimum atomic E-state index is -0.658. The van der Waals surface area contributed by atoms with Gasteiger partial charge < -0.3 is 19.6 Å². The smallest absolute Gasteiger partial charge is 0.0713 e. The minimum absolute atomic E-state index is 0.0300. The molecule has 4 nitrogen and oxygen atoms in total. The molecule has 16 aromatic carbocycles. The number of nitrogens with zero attached hydrogens (tertiary/aromatic N) is 4. The molecule has 0 aromatic heterocycles. The van der Waals surface area contributed by atoms with E-state index < -0.39 is 10.8 Å². The molecule has 0 fully saturated rings. The lowest BCUT2D eigenvalue weighted by Gasteiger charge is -2.36. The fraction of sp³-hybridized carbons (Fsp3) is 0.111. The Morgan fingerprint density at radius 3 is 0.580 bits per heavy atom. The Labute approximate surface area is 661 Å². The van der Waals surface area contributed by atoms with Gasteiger partial charge in [0, 0.05) is 68.2 Å². The monoisotopic (exact) mass is 1440 g/mol. The normalized spacial score (nSPS) is 13.0. The van der Waals surface area contributed by atoms with Gasteiger partial charge in [-0.3, -0.25) is 0 Å². The first-order valence-corrected chi connectivity index (χ1v) is 39.3. The van der Waals surface area contributed by atoms with Crippen LogP contribution in [0, 0.1) is 13.8 Å². The highest BCUT2D eigenvalue weighted by atomic mass is 15.2. The standard InChI is InChI=1S/C108H90N4/c1-75-35-55-87(56-36-75)111(88-57-37-76(2)38-58-88)89-59-39-77(40-60-89)78-41-61-90(62-42-78)112(95-71-51-83(52-72-95)107(101-31-19-15-27-97(101)98-28-16-20-32-102(98)107)81-47-67-93(68-48-81)109(85-23-11-9-12-24-85)91-63-43-79(44-64-91)105(3,4)5)96-73-53-84(54-74-96)108(103-33-21-17-29-99(103)100-30-18-22-34-104(100)108)82-49-69-94(70-50-82)110(86-25-13-10-14-26-86)92-65-45-80(46-66-92)106(6,7)8/h9-74H,1-8H3. The van der Waals surface area contributed by atoms with E-state index >= 15 is 0 Å². The van der Waals surface area contributed by atoms with Crippen molar-refractivity contribution >= 4 is 68.2 Å². The SMILES string of the molecule is Cc1ccc(N(c2ccc(C)cc2)c2ccc(-c3ccc(N(c4ccc(C5(c6ccc(N(c7ccccc7)c7ccc(C(C)(C)C)cc7)cc6)c6ccccc6-c6ccccc65)cc4)c4ccc(C5(c6ccc(N(c7ccccc7)c7ccc(C(C)(C)C)cc7)cc6)c6ccccc6-c6ccccc65)cc4)cc3)cc2)cc1. The van der Waals surface area contributed by atoms with Crippen LogP contribution in [0.3, 0.4) is 0 Å². The summed E-state index contributed by atoms with van der Waals surface area (Å²) in [6.07, 6.45) is 0. The van der Waals surface area contributed by atoms with Crippen LogP contribution in [0.25, 0.3) is 33.4 Å². The van der Waals surface area contributed by atoms with Crippen LogP contribution in [0.1, 0.15) is 108 Å². The zero-order chi connectivity index (χ0) is 76.3. The van der Waals surface area contributed by atoms with E-state index in [0.717, 1.165) is 79.4 Å². The second kappa shape index (κ2) is 28.6. The van der Waals surface area contributed by atoms with Crippen LogP contribution in [-0.2, 0) is 21.7 Å². The van der Waals surface area contributed by atoms with Gasteiger partial charge in [0.15, 0.2) is 0 Å².